The lowest BCUT2D eigenvalue weighted by Crippen LogP contribution is -2.51. The summed E-state index contributed by atoms with van der Waals surface area (Å²) in [4.78, 5) is -0.122. The first-order valence-electron chi connectivity index (χ1n) is 6.34. The van der Waals surface area contributed by atoms with Gasteiger partial charge in [-0.2, -0.15) is 9.57 Å². The predicted molar refractivity (Wildman–Crippen MR) is 76.3 cm³/mol. The highest BCUT2D eigenvalue weighted by atomic mass is 35.5. The van der Waals surface area contributed by atoms with Gasteiger partial charge >= 0.3 is 0 Å². The number of ether oxygens (including phenoxy) is 1. The highest BCUT2D eigenvalue weighted by Crippen LogP contribution is 2.27. The summed E-state index contributed by atoms with van der Waals surface area (Å²) in [7, 11) is -3.88. The molecule has 1 N–H and O–H groups in total. The molecule has 1 aromatic carbocycles. The molecule has 1 aliphatic rings. The minimum absolute atomic E-state index is 0.0391. The molecule has 0 spiro atoms. The number of nitriles is 1. The highest BCUT2D eigenvalue weighted by Gasteiger charge is 2.36. The van der Waals surface area contributed by atoms with Gasteiger partial charge < -0.3 is 9.84 Å². The number of nitrogens with zero attached hydrogens (tertiary/aromatic N) is 2. The Morgan fingerprint density at radius 1 is 1.57 bits per heavy atom. The van der Waals surface area contributed by atoms with Crippen LogP contribution >= 0.6 is 11.6 Å². The van der Waals surface area contributed by atoms with E-state index in [9.17, 15) is 8.42 Å². The van der Waals surface area contributed by atoms with E-state index in [1.54, 1.807) is 6.92 Å². The maximum absolute atomic E-state index is 12.8. The number of sulfonamides is 1. The summed E-state index contributed by atoms with van der Waals surface area (Å²) in [6.45, 7) is 1.67. The molecule has 114 valence electrons. The number of hydrogen-bond acceptors (Lipinski definition) is 5. The zero-order valence-electron chi connectivity index (χ0n) is 11.4. The van der Waals surface area contributed by atoms with Crippen LogP contribution in [-0.4, -0.2) is 49.7 Å². The Bertz CT molecular complexity index is 671. The van der Waals surface area contributed by atoms with Crippen LogP contribution in [0.1, 0.15) is 12.5 Å². The monoisotopic (exact) mass is 330 g/mol. The third-order valence-electron chi connectivity index (χ3n) is 3.30. The van der Waals surface area contributed by atoms with E-state index in [1.807, 2.05) is 6.07 Å². The number of morpholine rings is 1. The molecule has 0 aliphatic carbocycles. The second-order valence-corrected chi connectivity index (χ2v) is 7.11. The quantitative estimate of drug-likeness (QED) is 0.892. The third kappa shape index (κ3) is 3.20. The zero-order valence-corrected chi connectivity index (χ0v) is 12.9. The van der Waals surface area contributed by atoms with Crippen LogP contribution in [0, 0.1) is 11.3 Å². The smallest absolute Gasteiger partial charge is 0.244 e. The van der Waals surface area contributed by atoms with Gasteiger partial charge in [-0.15, -0.1) is 0 Å². The van der Waals surface area contributed by atoms with Crippen LogP contribution in [0.15, 0.2) is 23.1 Å². The summed E-state index contributed by atoms with van der Waals surface area (Å²) in [6, 6.07) is 5.60. The van der Waals surface area contributed by atoms with Crippen LogP contribution in [0.5, 0.6) is 0 Å². The summed E-state index contributed by atoms with van der Waals surface area (Å²) in [5, 5.41) is 18.5. The normalized spacial score (nSPS) is 23.7. The Morgan fingerprint density at radius 2 is 2.29 bits per heavy atom. The van der Waals surface area contributed by atoms with Gasteiger partial charge in [0.1, 0.15) is 11.0 Å². The van der Waals surface area contributed by atoms with Crippen molar-refractivity contribution < 1.29 is 18.3 Å². The van der Waals surface area contributed by atoms with Gasteiger partial charge in [-0.3, -0.25) is 0 Å². The van der Waals surface area contributed by atoms with Gasteiger partial charge in [0.2, 0.25) is 10.0 Å². The molecule has 8 heteroatoms. The molecule has 0 amide bonds. The van der Waals surface area contributed by atoms with Crippen molar-refractivity contribution in [3.63, 3.8) is 0 Å². The molecule has 2 rings (SSSR count). The molecule has 1 saturated heterocycles. The van der Waals surface area contributed by atoms with E-state index in [4.69, 9.17) is 26.7 Å². The number of benzene rings is 1. The average Bonchev–Trinajstić information content (AvgIpc) is 2.47. The molecule has 21 heavy (non-hydrogen) atoms. The molecule has 0 radical (unpaired) electrons. The van der Waals surface area contributed by atoms with Gasteiger partial charge in [0.05, 0.1) is 24.9 Å². The Hall–Kier alpha value is -1.17. The Labute approximate surface area is 128 Å². The van der Waals surface area contributed by atoms with E-state index in [0.29, 0.717) is 0 Å². The predicted octanol–water partition coefficient (Wildman–Crippen LogP) is 0.982. The van der Waals surface area contributed by atoms with Crippen LogP contribution in [0.2, 0.25) is 5.02 Å². The zero-order chi connectivity index (χ0) is 15.6. The topological polar surface area (TPSA) is 90.6 Å². The van der Waals surface area contributed by atoms with E-state index in [1.165, 1.54) is 22.5 Å². The summed E-state index contributed by atoms with van der Waals surface area (Å²) in [6.07, 6.45) is -0.569. The van der Waals surface area contributed by atoms with Crippen molar-refractivity contribution in [2.45, 2.75) is 24.0 Å². The van der Waals surface area contributed by atoms with E-state index in [2.05, 4.69) is 0 Å². The maximum Gasteiger partial charge on any atom is 0.244 e. The van der Waals surface area contributed by atoms with Gasteiger partial charge in [-0.25, -0.2) is 8.42 Å². The first kappa shape index (κ1) is 16.2. The fourth-order valence-corrected chi connectivity index (χ4v) is 4.22. The van der Waals surface area contributed by atoms with Crippen molar-refractivity contribution in [2.75, 3.05) is 19.8 Å². The fourth-order valence-electron chi connectivity index (χ4n) is 2.17. The third-order valence-corrected chi connectivity index (χ3v) is 5.56. The molecule has 6 nitrogen and oxygen atoms in total. The summed E-state index contributed by atoms with van der Waals surface area (Å²) >= 11 is 5.85. The van der Waals surface area contributed by atoms with E-state index in [-0.39, 0.29) is 41.3 Å². The van der Waals surface area contributed by atoms with Gasteiger partial charge in [-0.05, 0) is 25.1 Å². The minimum Gasteiger partial charge on any atom is -0.394 e. The lowest BCUT2D eigenvalue weighted by atomic mass is 10.2. The molecule has 0 aromatic heterocycles. The molecule has 2 unspecified atom stereocenters. The lowest BCUT2D eigenvalue weighted by molar-refractivity contribution is -0.0516. The maximum atomic E-state index is 12.8. The van der Waals surface area contributed by atoms with Gasteiger partial charge in [-0.1, -0.05) is 11.6 Å². The van der Waals surface area contributed by atoms with Gasteiger partial charge in [0.25, 0.3) is 0 Å². The molecule has 1 fully saturated rings. The average molecular weight is 331 g/mol. The lowest BCUT2D eigenvalue weighted by Gasteiger charge is -2.36. The van der Waals surface area contributed by atoms with Crippen molar-refractivity contribution in [1.82, 2.24) is 4.31 Å². The van der Waals surface area contributed by atoms with E-state index < -0.39 is 16.1 Å². The largest absolute Gasteiger partial charge is 0.394 e. The molecule has 0 saturated carbocycles. The first-order valence-corrected chi connectivity index (χ1v) is 8.16. The Balaban J connectivity index is 2.46. The highest BCUT2D eigenvalue weighted by molar-refractivity contribution is 7.89. The molecule has 1 heterocycles. The standard InChI is InChI=1S/C13H15ClN2O4S/c1-9-8-20-12(7-17)6-16(9)21(18,19)13-4-11(14)3-2-10(13)5-15/h2-4,9,12,17H,6-8H2,1H3. The molecular formula is C13H15ClN2O4S. The van der Waals surface area contributed by atoms with Gasteiger partial charge in [0.15, 0.2) is 0 Å². The SMILES string of the molecule is CC1COC(CO)CN1S(=O)(=O)c1cc(Cl)ccc1C#N. The summed E-state index contributed by atoms with van der Waals surface area (Å²) in [5.41, 5.74) is 0.0404. The second kappa shape index (κ2) is 6.30. The van der Waals surface area contributed by atoms with Crippen molar-refractivity contribution in [3.05, 3.63) is 28.8 Å². The Morgan fingerprint density at radius 3 is 2.90 bits per heavy atom. The van der Waals surface area contributed by atoms with Crippen LogP contribution in [-0.2, 0) is 14.8 Å². The minimum atomic E-state index is -3.88. The van der Waals surface area contributed by atoms with Crippen LogP contribution in [0.4, 0.5) is 0 Å². The first-order chi connectivity index (χ1) is 9.90. The van der Waals surface area contributed by atoms with Crippen molar-refractivity contribution in [2.24, 2.45) is 0 Å². The van der Waals surface area contributed by atoms with Crippen LogP contribution in [0.3, 0.4) is 0 Å². The fraction of sp³-hybridized carbons (Fsp3) is 0.462. The summed E-state index contributed by atoms with van der Waals surface area (Å²) in [5.74, 6) is 0. The van der Waals surface area contributed by atoms with E-state index >= 15 is 0 Å². The van der Waals surface area contributed by atoms with E-state index in [0.717, 1.165) is 0 Å². The van der Waals surface area contributed by atoms with Crippen molar-refractivity contribution in [1.29, 1.82) is 5.26 Å². The molecule has 0 bridgehead atoms. The van der Waals surface area contributed by atoms with Crippen LogP contribution in [0.25, 0.3) is 0 Å². The molecule has 1 aliphatic heterocycles. The molecular weight excluding hydrogens is 316 g/mol. The summed E-state index contributed by atoms with van der Waals surface area (Å²) < 4.78 is 32.1. The van der Waals surface area contributed by atoms with Crippen LogP contribution < -0.4 is 0 Å². The molecule has 2 atom stereocenters. The number of halogens is 1. The Kier molecular flexibility index (Phi) is 4.86. The molecule has 1 aromatic rings. The number of aliphatic hydroxyl groups is 1. The second-order valence-electron chi connectivity index (χ2n) is 4.81. The number of rotatable bonds is 3. The van der Waals surface area contributed by atoms with Crippen molar-refractivity contribution in [3.8, 4) is 6.07 Å². The number of hydrogen-bond donors (Lipinski definition) is 1. The van der Waals surface area contributed by atoms with Gasteiger partial charge in [0, 0.05) is 17.6 Å². The number of aliphatic hydroxyl groups excluding tert-OH is 1. The van der Waals surface area contributed by atoms with Crippen molar-refractivity contribution >= 4 is 21.6 Å².